The predicted octanol–water partition coefficient (Wildman–Crippen LogP) is 4.11. The molecule has 0 spiro atoms. The second kappa shape index (κ2) is 7.46. The minimum absolute atomic E-state index is 0.143. The van der Waals surface area contributed by atoms with Crippen molar-refractivity contribution in [1.29, 1.82) is 0 Å². The Kier molecular flexibility index (Phi) is 5.62. The molecule has 0 saturated heterocycles. The molecule has 0 fully saturated rings. The largest absolute Gasteiger partial charge is 0.323 e. The fourth-order valence-electron chi connectivity index (χ4n) is 1.79. The Morgan fingerprint density at radius 1 is 1.14 bits per heavy atom. The van der Waals surface area contributed by atoms with Gasteiger partial charge in [-0.1, -0.05) is 53.5 Å². The fourth-order valence-corrected chi connectivity index (χ4v) is 2.25. The SMILES string of the molecule is C[C@H](NCc1ccccc1)C(=O)Nc1ccc(Cl)cc1Cl. The molecule has 2 aromatic carbocycles. The molecule has 2 rings (SSSR count). The van der Waals surface area contributed by atoms with Gasteiger partial charge in [-0.05, 0) is 30.7 Å². The molecule has 2 aromatic rings. The minimum Gasteiger partial charge on any atom is -0.323 e. The van der Waals surface area contributed by atoms with Gasteiger partial charge in [0.1, 0.15) is 0 Å². The van der Waals surface area contributed by atoms with Crippen LogP contribution >= 0.6 is 23.2 Å². The van der Waals surface area contributed by atoms with E-state index < -0.39 is 0 Å². The number of rotatable bonds is 5. The summed E-state index contributed by atoms with van der Waals surface area (Å²) in [7, 11) is 0. The summed E-state index contributed by atoms with van der Waals surface area (Å²) in [4.78, 5) is 12.1. The van der Waals surface area contributed by atoms with Gasteiger partial charge in [-0.3, -0.25) is 4.79 Å². The molecule has 1 amide bonds. The lowest BCUT2D eigenvalue weighted by molar-refractivity contribution is -0.117. The summed E-state index contributed by atoms with van der Waals surface area (Å²) in [5, 5.41) is 6.91. The van der Waals surface area contributed by atoms with E-state index in [9.17, 15) is 4.79 Å². The smallest absolute Gasteiger partial charge is 0.241 e. The van der Waals surface area contributed by atoms with E-state index in [-0.39, 0.29) is 11.9 Å². The zero-order chi connectivity index (χ0) is 15.2. The summed E-state index contributed by atoms with van der Waals surface area (Å²) in [5.41, 5.74) is 1.68. The lowest BCUT2D eigenvalue weighted by atomic mass is 10.2. The van der Waals surface area contributed by atoms with Crippen LogP contribution in [0.3, 0.4) is 0 Å². The van der Waals surface area contributed by atoms with Gasteiger partial charge in [0.05, 0.1) is 16.8 Å². The number of hydrogen-bond donors (Lipinski definition) is 2. The summed E-state index contributed by atoms with van der Waals surface area (Å²) < 4.78 is 0. The molecule has 0 bridgehead atoms. The van der Waals surface area contributed by atoms with Crippen LogP contribution in [0.25, 0.3) is 0 Å². The molecular weight excluding hydrogens is 307 g/mol. The van der Waals surface area contributed by atoms with Crippen LogP contribution in [0.2, 0.25) is 10.0 Å². The Balaban J connectivity index is 1.90. The molecule has 0 heterocycles. The molecule has 0 saturated carbocycles. The van der Waals surface area contributed by atoms with Gasteiger partial charge in [-0.15, -0.1) is 0 Å². The van der Waals surface area contributed by atoms with Gasteiger partial charge in [-0.25, -0.2) is 0 Å². The van der Waals surface area contributed by atoms with E-state index in [1.165, 1.54) is 0 Å². The third-order valence-electron chi connectivity index (χ3n) is 3.04. The Bertz CT molecular complexity index is 617. The van der Waals surface area contributed by atoms with Crippen LogP contribution in [0.1, 0.15) is 12.5 Å². The molecule has 2 N–H and O–H groups in total. The van der Waals surface area contributed by atoms with Crippen LogP contribution in [0.15, 0.2) is 48.5 Å². The number of hydrogen-bond acceptors (Lipinski definition) is 2. The van der Waals surface area contributed by atoms with Crippen molar-refractivity contribution in [2.24, 2.45) is 0 Å². The first-order valence-corrected chi connectivity index (χ1v) is 7.35. The molecule has 1 atom stereocenters. The third kappa shape index (κ3) is 4.74. The molecule has 5 heteroatoms. The highest BCUT2D eigenvalue weighted by Gasteiger charge is 2.13. The van der Waals surface area contributed by atoms with Crippen LogP contribution in [0.4, 0.5) is 5.69 Å². The van der Waals surface area contributed by atoms with Crippen molar-refractivity contribution in [2.75, 3.05) is 5.32 Å². The van der Waals surface area contributed by atoms with E-state index in [0.29, 0.717) is 22.3 Å². The van der Waals surface area contributed by atoms with E-state index in [4.69, 9.17) is 23.2 Å². The Hall–Kier alpha value is -1.55. The molecule has 0 aliphatic carbocycles. The van der Waals surface area contributed by atoms with E-state index >= 15 is 0 Å². The molecule has 0 unspecified atom stereocenters. The molecule has 110 valence electrons. The summed E-state index contributed by atoms with van der Waals surface area (Å²) >= 11 is 11.9. The van der Waals surface area contributed by atoms with Crippen LogP contribution in [-0.2, 0) is 11.3 Å². The Morgan fingerprint density at radius 3 is 2.52 bits per heavy atom. The van der Waals surface area contributed by atoms with E-state index in [1.54, 1.807) is 18.2 Å². The van der Waals surface area contributed by atoms with E-state index in [0.717, 1.165) is 5.56 Å². The molecule has 0 aromatic heterocycles. The average molecular weight is 323 g/mol. The quantitative estimate of drug-likeness (QED) is 0.869. The highest BCUT2D eigenvalue weighted by atomic mass is 35.5. The van der Waals surface area contributed by atoms with Crippen molar-refractivity contribution in [2.45, 2.75) is 19.5 Å². The molecule has 0 aliphatic heterocycles. The van der Waals surface area contributed by atoms with Crippen molar-refractivity contribution < 1.29 is 4.79 Å². The predicted molar refractivity (Wildman–Crippen MR) is 87.8 cm³/mol. The van der Waals surface area contributed by atoms with Crippen molar-refractivity contribution in [3.05, 3.63) is 64.1 Å². The van der Waals surface area contributed by atoms with Crippen molar-refractivity contribution in [3.8, 4) is 0 Å². The number of halogens is 2. The first-order chi connectivity index (χ1) is 10.1. The Morgan fingerprint density at radius 2 is 1.86 bits per heavy atom. The first-order valence-electron chi connectivity index (χ1n) is 6.59. The van der Waals surface area contributed by atoms with Crippen molar-refractivity contribution in [1.82, 2.24) is 5.32 Å². The number of anilines is 1. The summed E-state index contributed by atoms with van der Waals surface area (Å²) in [6.45, 7) is 2.44. The number of amides is 1. The fraction of sp³-hybridized carbons (Fsp3) is 0.188. The lowest BCUT2D eigenvalue weighted by Crippen LogP contribution is -2.37. The monoisotopic (exact) mass is 322 g/mol. The third-order valence-corrected chi connectivity index (χ3v) is 3.59. The maximum absolute atomic E-state index is 12.1. The number of benzene rings is 2. The zero-order valence-electron chi connectivity index (χ0n) is 11.6. The van der Waals surface area contributed by atoms with Gasteiger partial charge in [0.25, 0.3) is 0 Å². The maximum Gasteiger partial charge on any atom is 0.241 e. The van der Waals surface area contributed by atoms with Gasteiger partial charge in [0, 0.05) is 11.6 Å². The summed E-state index contributed by atoms with van der Waals surface area (Å²) in [6, 6.07) is 14.5. The molecule has 0 aliphatic rings. The van der Waals surface area contributed by atoms with Gasteiger partial charge in [0.2, 0.25) is 5.91 Å². The Labute approximate surface area is 134 Å². The number of carbonyl (C=O) groups is 1. The summed E-state index contributed by atoms with van der Waals surface area (Å²) in [6.07, 6.45) is 0. The lowest BCUT2D eigenvalue weighted by Gasteiger charge is -2.15. The van der Waals surface area contributed by atoms with Crippen molar-refractivity contribution >= 4 is 34.8 Å². The second-order valence-electron chi connectivity index (χ2n) is 4.70. The highest BCUT2D eigenvalue weighted by Crippen LogP contribution is 2.25. The van der Waals surface area contributed by atoms with Crippen LogP contribution in [0.5, 0.6) is 0 Å². The molecule has 21 heavy (non-hydrogen) atoms. The molecular formula is C16H16Cl2N2O. The van der Waals surface area contributed by atoms with Gasteiger partial charge in [0.15, 0.2) is 0 Å². The first kappa shape index (κ1) is 15.8. The van der Waals surface area contributed by atoms with E-state index in [1.807, 2.05) is 37.3 Å². The normalized spacial score (nSPS) is 12.0. The van der Waals surface area contributed by atoms with Crippen LogP contribution in [-0.4, -0.2) is 11.9 Å². The van der Waals surface area contributed by atoms with Gasteiger partial charge < -0.3 is 10.6 Å². The zero-order valence-corrected chi connectivity index (χ0v) is 13.1. The topological polar surface area (TPSA) is 41.1 Å². The van der Waals surface area contributed by atoms with Crippen LogP contribution < -0.4 is 10.6 Å². The number of nitrogens with one attached hydrogen (secondary N) is 2. The van der Waals surface area contributed by atoms with Gasteiger partial charge in [-0.2, -0.15) is 0 Å². The standard InChI is InChI=1S/C16H16Cl2N2O/c1-11(19-10-12-5-3-2-4-6-12)16(21)20-15-8-7-13(17)9-14(15)18/h2-9,11,19H,10H2,1H3,(H,20,21)/t11-/m0/s1. The van der Waals surface area contributed by atoms with Crippen molar-refractivity contribution in [3.63, 3.8) is 0 Å². The van der Waals surface area contributed by atoms with E-state index in [2.05, 4.69) is 10.6 Å². The summed E-state index contributed by atoms with van der Waals surface area (Å²) in [5.74, 6) is -0.143. The second-order valence-corrected chi connectivity index (χ2v) is 5.55. The maximum atomic E-state index is 12.1. The van der Waals surface area contributed by atoms with Crippen LogP contribution in [0, 0.1) is 0 Å². The average Bonchev–Trinajstić information content (AvgIpc) is 2.48. The van der Waals surface area contributed by atoms with Gasteiger partial charge >= 0.3 is 0 Å². The highest BCUT2D eigenvalue weighted by molar-refractivity contribution is 6.36. The molecule has 3 nitrogen and oxygen atoms in total. The minimum atomic E-state index is -0.336. The molecule has 0 radical (unpaired) electrons. The number of carbonyl (C=O) groups excluding carboxylic acids is 1.